The average Bonchev–Trinajstić information content (AvgIpc) is 2.46. The molecule has 7 heteroatoms. The summed E-state index contributed by atoms with van der Waals surface area (Å²) in [7, 11) is 0. The summed E-state index contributed by atoms with van der Waals surface area (Å²) in [6.45, 7) is 3.82. The molecule has 0 aliphatic carbocycles. The summed E-state index contributed by atoms with van der Waals surface area (Å²) in [5, 5.41) is 0.834. The maximum Gasteiger partial charge on any atom is 0.255 e. The van der Waals surface area contributed by atoms with Crippen LogP contribution in [0.15, 0.2) is 18.2 Å². The molecule has 0 saturated carbocycles. The number of amides is 2. The maximum atomic E-state index is 12.5. The van der Waals surface area contributed by atoms with E-state index in [4.69, 9.17) is 28.9 Å². The Labute approximate surface area is 139 Å². The average molecular weight is 344 g/mol. The van der Waals surface area contributed by atoms with Gasteiger partial charge in [0.15, 0.2) is 0 Å². The van der Waals surface area contributed by atoms with Crippen molar-refractivity contribution in [3.63, 3.8) is 0 Å². The molecule has 1 aromatic rings. The monoisotopic (exact) mass is 343 g/mol. The number of nitrogens with zero attached hydrogens (tertiary/aromatic N) is 2. The second-order valence-corrected chi connectivity index (χ2v) is 6.32. The van der Waals surface area contributed by atoms with Gasteiger partial charge in [-0.05, 0) is 25.1 Å². The van der Waals surface area contributed by atoms with Crippen molar-refractivity contribution in [2.45, 2.75) is 19.4 Å². The van der Waals surface area contributed by atoms with Gasteiger partial charge in [-0.15, -0.1) is 0 Å². The standard InChI is InChI=1S/C15H19Cl2N3O2/c1-10(18)8-14(21)19-4-6-20(7-5-19)15(22)12-3-2-11(16)9-13(12)17/h2-3,9-10H,4-8,18H2,1H3. The van der Waals surface area contributed by atoms with Gasteiger partial charge >= 0.3 is 0 Å². The van der Waals surface area contributed by atoms with Gasteiger partial charge in [0.25, 0.3) is 5.91 Å². The van der Waals surface area contributed by atoms with Crippen molar-refractivity contribution in [3.05, 3.63) is 33.8 Å². The lowest BCUT2D eigenvalue weighted by Crippen LogP contribution is -2.51. The van der Waals surface area contributed by atoms with Gasteiger partial charge in [0, 0.05) is 43.7 Å². The van der Waals surface area contributed by atoms with Crippen molar-refractivity contribution in [3.8, 4) is 0 Å². The number of piperazine rings is 1. The Kier molecular flexibility index (Phi) is 5.67. The lowest BCUT2D eigenvalue weighted by atomic mass is 10.1. The van der Waals surface area contributed by atoms with E-state index in [0.717, 1.165) is 0 Å². The second-order valence-electron chi connectivity index (χ2n) is 5.48. The topological polar surface area (TPSA) is 66.6 Å². The first kappa shape index (κ1) is 17.1. The van der Waals surface area contributed by atoms with E-state index in [0.29, 0.717) is 48.2 Å². The molecule has 1 atom stereocenters. The highest BCUT2D eigenvalue weighted by atomic mass is 35.5. The predicted octanol–water partition coefficient (Wildman–Crippen LogP) is 2.02. The van der Waals surface area contributed by atoms with E-state index in [1.165, 1.54) is 0 Å². The van der Waals surface area contributed by atoms with Gasteiger partial charge in [-0.3, -0.25) is 9.59 Å². The SMILES string of the molecule is CC(N)CC(=O)N1CCN(C(=O)c2ccc(Cl)cc2Cl)CC1. The summed E-state index contributed by atoms with van der Waals surface area (Å²) < 4.78 is 0. The van der Waals surface area contributed by atoms with Crippen LogP contribution in [-0.2, 0) is 4.79 Å². The van der Waals surface area contributed by atoms with Crippen LogP contribution in [0.2, 0.25) is 10.0 Å². The van der Waals surface area contributed by atoms with E-state index in [1.807, 2.05) is 0 Å². The minimum Gasteiger partial charge on any atom is -0.339 e. The minimum atomic E-state index is -0.153. The molecule has 0 bridgehead atoms. The Morgan fingerprint density at radius 1 is 1.18 bits per heavy atom. The van der Waals surface area contributed by atoms with Crippen LogP contribution in [0.1, 0.15) is 23.7 Å². The van der Waals surface area contributed by atoms with Crippen LogP contribution in [0.5, 0.6) is 0 Å². The Balaban J connectivity index is 1.96. The Morgan fingerprint density at radius 3 is 2.32 bits per heavy atom. The number of nitrogens with two attached hydrogens (primary N) is 1. The molecule has 1 unspecified atom stereocenters. The largest absolute Gasteiger partial charge is 0.339 e. The van der Waals surface area contributed by atoms with Crippen LogP contribution in [0.3, 0.4) is 0 Å². The second kappa shape index (κ2) is 7.31. The zero-order valence-electron chi connectivity index (χ0n) is 12.4. The fourth-order valence-electron chi connectivity index (χ4n) is 2.40. The number of benzene rings is 1. The molecular weight excluding hydrogens is 325 g/mol. The summed E-state index contributed by atoms with van der Waals surface area (Å²) in [6.07, 6.45) is 0.330. The minimum absolute atomic E-state index is 0.0339. The third kappa shape index (κ3) is 4.12. The van der Waals surface area contributed by atoms with E-state index in [1.54, 1.807) is 34.9 Å². The Morgan fingerprint density at radius 2 is 1.77 bits per heavy atom. The Hall–Kier alpha value is -1.30. The molecule has 1 aromatic carbocycles. The number of hydrogen-bond donors (Lipinski definition) is 1. The maximum absolute atomic E-state index is 12.5. The molecule has 0 spiro atoms. The number of carbonyl (C=O) groups excluding carboxylic acids is 2. The summed E-state index contributed by atoms with van der Waals surface area (Å²) in [6, 6.07) is 4.67. The molecule has 1 heterocycles. The van der Waals surface area contributed by atoms with Gasteiger partial charge in [0.1, 0.15) is 0 Å². The molecular formula is C15H19Cl2N3O2. The van der Waals surface area contributed by atoms with Crippen LogP contribution >= 0.6 is 23.2 Å². The first-order valence-corrected chi connectivity index (χ1v) is 7.91. The van der Waals surface area contributed by atoms with Gasteiger partial charge in [0.05, 0.1) is 10.6 Å². The van der Waals surface area contributed by atoms with E-state index in [2.05, 4.69) is 0 Å². The first-order valence-electron chi connectivity index (χ1n) is 7.16. The summed E-state index contributed by atoms with van der Waals surface area (Å²) >= 11 is 11.9. The quantitative estimate of drug-likeness (QED) is 0.912. The van der Waals surface area contributed by atoms with Crippen molar-refractivity contribution in [2.24, 2.45) is 5.73 Å². The zero-order valence-corrected chi connectivity index (χ0v) is 13.9. The fourth-order valence-corrected chi connectivity index (χ4v) is 2.89. The van der Waals surface area contributed by atoms with Crippen molar-refractivity contribution >= 4 is 35.0 Å². The van der Waals surface area contributed by atoms with E-state index >= 15 is 0 Å². The van der Waals surface area contributed by atoms with E-state index in [9.17, 15) is 9.59 Å². The van der Waals surface area contributed by atoms with Gasteiger partial charge in [0.2, 0.25) is 5.91 Å². The van der Waals surface area contributed by atoms with Crippen LogP contribution < -0.4 is 5.73 Å². The molecule has 120 valence electrons. The van der Waals surface area contributed by atoms with Gasteiger partial charge < -0.3 is 15.5 Å². The normalized spacial score (nSPS) is 16.5. The van der Waals surface area contributed by atoms with Crippen LogP contribution in [0.4, 0.5) is 0 Å². The first-order chi connectivity index (χ1) is 10.4. The number of rotatable bonds is 3. The number of hydrogen-bond acceptors (Lipinski definition) is 3. The summed E-state index contributed by atoms with van der Waals surface area (Å²) in [5.74, 6) is -0.104. The van der Waals surface area contributed by atoms with Crippen molar-refractivity contribution < 1.29 is 9.59 Å². The number of halogens is 2. The molecule has 1 saturated heterocycles. The van der Waals surface area contributed by atoms with Gasteiger partial charge in [-0.2, -0.15) is 0 Å². The van der Waals surface area contributed by atoms with E-state index < -0.39 is 0 Å². The van der Waals surface area contributed by atoms with Crippen molar-refractivity contribution in [2.75, 3.05) is 26.2 Å². The molecule has 1 aliphatic rings. The molecule has 1 aliphatic heterocycles. The predicted molar refractivity (Wildman–Crippen MR) is 87.2 cm³/mol. The van der Waals surface area contributed by atoms with Crippen LogP contribution in [0.25, 0.3) is 0 Å². The summed E-state index contributed by atoms with van der Waals surface area (Å²) in [4.78, 5) is 27.9. The van der Waals surface area contributed by atoms with Crippen molar-refractivity contribution in [1.29, 1.82) is 0 Å². The van der Waals surface area contributed by atoms with Crippen LogP contribution in [-0.4, -0.2) is 53.8 Å². The highest BCUT2D eigenvalue weighted by Gasteiger charge is 2.26. The molecule has 22 heavy (non-hydrogen) atoms. The lowest BCUT2D eigenvalue weighted by Gasteiger charge is -2.35. The van der Waals surface area contributed by atoms with Crippen molar-refractivity contribution in [1.82, 2.24) is 9.80 Å². The molecule has 2 rings (SSSR count). The lowest BCUT2D eigenvalue weighted by molar-refractivity contribution is -0.132. The zero-order chi connectivity index (χ0) is 16.3. The molecule has 2 amide bonds. The highest BCUT2D eigenvalue weighted by Crippen LogP contribution is 2.22. The molecule has 5 nitrogen and oxygen atoms in total. The Bertz CT molecular complexity index is 570. The highest BCUT2D eigenvalue weighted by molar-refractivity contribution is 6.36. The third-order valence-electron chi connectivity index (χ3n) is 3.58. The number of carbonyl (C=O) groups is 2. The molecule has 1 fully saturated rings. The van der Waals surface area contributed by atoms with Gasteiger partial charge in [-0.1, -0.05) is 23.2 Å². The summed E-state index contributed by atoms with van der Waals surface area (Å²) in [5.41, 5.74) is 6.07. The van der Waals surface area contributed by atoms with Gasteiger partial charge in [-0.25, -0.2) is 0 Å². The third-order valence-corrected chi connectivity index (χ3v) is 4.13. The smallest absolute Gasteiger partial charge is 0.255 e. The van der Waals surface area contributed by atoms with Crippen LogP contribution in [0, 0.1) is 0 Å². The molecule has 2 N–H and O–H groups in total. The fraction of sp³-hybridized carbons (Fsp3) is 0.467. The molecule has 0 aromatic heterocycles. The van der Waals surface area contributed by atoms with E-state index in [-0.39, 0.29) is 17.9 Å². The molecule has 0 radical (unpaired) electrons.